The first kappa shape index (κ1) is 13.3. The van der Waals surface area contributed by atoms with Crippen LogP contribution in [-0.4, -0.2) is 29.3 Å². The van der Waals surface area contributed by atoms with Crippen molar-refractivity contribution in [1.29, 1.82) is 0 Å². The molecule has 2 aromatic rings. The van der Waals surface area contributed by atoms with Crippen LogP contribution in [0.5, 0.6) is 0 Å². The van der Waals surface area contributed by atoms with Gasteiger partial charge in [0.2, 0.25) is 11.8 Å². The van der Waals surface area contributed by atoms with E-state index in [1.165, 1.54) is 0 Å². The van der Waals surface area contributed by atoms with Crippen molar-refractivity contribution in [3.8, 4) is 0 Å². The van der Waals surface area contributed by atoms with Gasteiger partial charge < -0.3 is 10.2 Å². The molecule has 2 aliphatic rings. The zero-order valence-electron chi connectivity index (χ0n) is 12.3. The van der Waals surface area contributed by atoms with Crippen molar-refractivity contribution in [3.05, 3.63) is 42.5 Å². The van der Waals surface area contributed by atoms with Gasteiger partial charge in [0.25, 0.3) is 0 Å². The summed E-state index contributed by atoms with van der Waals surface area (Å²) >= 11 is 0. The minimum Gasteiger partial charge on any atom is -0.339 e. The molecule has 4 heteroatoms. The average Bonchev–Trinajstić information content (AvgIpc) is 3.30. The quantitative estimate of drug-likeness (QED) is 0.946. The predicted octanol–water partition coefficient (Wildman–Crippen LogP) is 2.79. The molecule has 1 saturated carbocycles. The molecule has 1 aliphatic heterocycles. The highest BCUT2D eigenvalue weighted by atomic mass is 16.2. The second kappa shape index (κ2) is 5.13. The van der Waals surface area contributed by atoms with Gasteiger partial charge in [-0.1, -0.05) is 36.4 Å². The molecule has 112 valence electrons. The largest absolute Gasteiger partial charge is 0.339 e. The van der Waals surface area contributed by atoms with E-state index in [4.69, 9.17) is 0 Å². The average molecular weight is 294 g/mol. The van der Waals surface area contributed by atoms with E-state index in [1.54, 1.807) is 0 Å². The summed E-state index contributed by atoms with van der Waals surface area (Å²) in [6.45, 7) is 0.570. The fraction of sp³-hybridized carbons (Fsp3) is 0.333. The smallest absolute Gasteiger partial charge is 0.229 e. The van der Waals surface area contributed by atoms with E-state index in [-0.39, 0.29) is 17.7 Å². The highest BCUT2D eigenvalue weighted by Crippen LogP contribution is 2.33. The molecule has 1 N–H and O–H groups in total. The van der Waals surface area contributed by atoms with Gasteiger partial charge in [-0.3, -0.25) is 9.59 Å². The van der Waals surface area contributed by atoms with E-state index in [0.717, 1.165) is 29.3 Å². The number of amides is 2. The third-order valence-electron chi connectivity index (χ3n) is 4.56. The maximum absolute atomic E-state index is 12.5. The SMILES string of the molecule is O=C(Nc1cccc2ccccc12)C1CC(=O)N(C2CC2)C1. The van der Waals surface area contributed by atoms with Gasteiger partial charge in [0.05, 0.1) is 5.92 Å². The lowest BCUT2D eigenvalue weighted by Gasteiger charge is -2.15. The Morgan fingerprint density at radius 1 is 1.09 bits per heavy atom. The number of carbonyl (C=O) groups excluding carboxylic acids is 2. The highest BCUT2D eigenvalue weighted by molar-refractivity contribution is 6.04. The van der Waals surface area contributed by atoms with Crippen molar-refractivity contribution < 1.29 is 9.59 Å². The van der Waals surface area contributed by atoms with Crippen molar-refractivity contribution in [2.45, 2.75) is 25.3 Å². The molecule has 0 spiro atoms. The van der Waals surface area contributed by atoms with Gasteiger partial charge in [-0.15, -0.1) is 0 Å². The molecule has 1 unspecified atom stereocenters. The Hall–Kier alpha value is -2.36. The van der Waals surface area contributed by atoms with Gasteiger partial charge >= 0.3 is 0 Å². The van der Waals surface area contributed by atoms with Gasteiger partial charge in [0, 0.05) is 30.1 Å². The molecule has 2 fully saturated rings. The molecule has 0 bridgehead atoms. The molecule has 22 heavy (non-hydrogen) atoms. The summed E-state index contributed by atoms with van der Waals surface area (Å²) in [4.78, 5) is 26.4. The van der Waals surface area contributed by atoms with E-state index in [9.17, 15) is 9.59 Å². The molecule has 2 aromatic carbocycles. The van der Waals surface area contributed by atoms with Gasteiger partial charge in [0.15, 0.2) is 0 Å². The summed E-state index contributed by atoms with van der Waals surface area (Å²) in [5.41, 5.74) is 0.820. The number of benzene rings is 2. The molecule has 1 heterocycles. The maximum Gasteiger partial charge on any atom is 0.229 e. The van der Waals surface area contributed by atoms with Crippen molar-refractivity contribution in [1.82, 2.24) is 4.90 Å². The minimum absolute atomic E-state index is 0.0483. The number of nitrogens with one attached hydrogen (secondary N) is 1. The summed E-state index contributed by atoms with van der Waals surface area (Å²) in [7, 11) is 0. The standard InChI is InChI=1S/C18H18N2O2/c21-17-10-13(11-20(17)14-8-9-14)18(22)19-16-7-3-5-12-4-1-2-6-15(12)16/h1-7,13-14H,8-11H2,(H,19,22). The van der Waals surface area contributed by atoms with Crippen molar-refractivity contribution in [2.75, 3.05) is 11.9 Å². The molecular formula is C18H18N2O2. The van der Waals surface area contributed by atoms with Crippen LogP contribution in [0.2, 0.25) is 0 Å². The number of rotatable bonds is 3. The number of fused-ring (bicyclic) bond motifs is 1. The van der Waals surface area contributed by atoms with Crippen LogP contribution in [0.4, 0.5) is 5.69 Å². The Balaban J connectivity index is 1.53. The first-order valence-corrected chi connectivity index (χ1v) is 7.80. The highest BCUT2D eigenvalue weighted by Gasteiger charge is 2.41. The van der Waals surface area contributed by atoms with Crippen molar-refractivity contribution in [2.24, 2.45) is 5.92 Å². The summed E-state index contributed by atoms with van der Waals surface area (Å²) in [6, 6.07) is 14.2. The lowest BCUT2D eigenvalue weighted by molar-refractivity contribution is -0.128. The van der Waals surface area contributed by atoms with Crippen LogP contribution >= 0.6 is 0 Å². The van der Waals surface area contributed by atoms with Crippen LogP contribution in [0.25, 0.3) is 10.8 Å². The third kappa shape index (κ3) is 2.34. The fourth-order valence-electron chi connectivity index (χ4n) is 3.22. The Labute approximate surface area is 129 Å². The zero-order chi connectivity index (χ0) is 15.1. The first-order chi connectivity index (χ1) is 10.7. The van der Waals surface area contributed by atoms with E-state index < -0.39 is 0 Å². The fourth-order valence-corrected chi connectivity index (χ4v) is 3.22. The van der Waals surface area contributed by atoms with Crippen LogP contribution in [0.15, 0.2) is 42.5 Å². The Morgan fingerprint density at radius 3 is 2.68 bits per heavy atom. The van der Waals surface area contributed by atoms with Crippen LogP contribution in [0.3, 0.4) is 0 Å². The normalized spacial score (nSPS) is 21.4. The number of hydrogen-bond donors (Lipinski definition) is 1. The second-order valence-electron chi connectivity index (χ2n) is 6.19. The number of carbonyl (C=O) groups is 2. The van der Waals surface area contributed by atoms with Crippen LogP contribution < -0.4 is 5.32 Å². The molecule has 0 aromatic heterocycles. The molecule has 1 atom stereocenters. The zero-order valence-corrected chi connectivity index (χ0v) is 12.3. The Kier molecular flexibility index (Phi) is 3.10. The third-order valence-corrected chi connectivity index (χ3v) is 4.56. The minimum atomic E-state index is -0.230. The van der Waals surface area contributed by atoms with Gasteiger partial charge in [-0.05, 0) is 24.3 Å². The molecule has 1 aliphatic carbocycles. The lowest BCUT2D eigenvalue weighted by atomic mass is 10.1. The molecule has 0 radical (unpaired) electrons. The number of hydrogen-bond acceptors (Lipinski definition) is 2. The summed E-state index contributed by atoms with van der Waals surface area (Å²) in [6.07, 6.45) is 2.51. The van der Waals surface area contributed by atoms with Crippen molar-refractivity contribution >= 4 is 28.3 Å². The van der Waals surface area contributed by atoms with E-state index in [1.807, 2.05) is 47.4 Å². The molecule has 2 amide bonds. The van der Waals surface area contributed by atoms with Crippen LogP contribution in [0, 0.1) is 5.92 Å². The summed E-state index contributed by atoms with van der Waals surface area (Å²) in [5, 5.41) is 5.14. The Bertz CT molecular complexity index is 746. The monoisotopic (exact) mass is 294 g/mol. The number of nitrogens with zero attached hydrogens (tertiary/aromatic N) is 1. The van der Waals surface area contributed by atoms with E-state index in [0.29, 0.717) is 19.0 Å². The molecular weight excluding hydrogens is 276 g/mol. The maximum atomic E-state index is 12.5. The van der Waals surface area contributed by atoms with E-state index >= 15 is 0 Å². The van der Waals surface area contributed by atoms with Crippen LogP contribution in [0.1, 0.15) is 19.3 Å². The molecule has 1 saturated heterocycles. The van der Waals surface area contributed by atoms with Crippen molar-refractivity contribution in [3.63, 3.8) is 0 Å². The number of anilines is 1. The molecule has 4 rings (SSSR count). The predicted molar refractivity (Wildman–Crippen MR) is 85.4 cm³/mol. The van der Waals surface area contributed by atoms with Gasteiger partial charge in [-0.25, -0.2) is 0 Å². The second-order valence-corrected chi connectivity index (χ2v) is 6.19. The Morgan fingerprint density at radius 2 is 1.86 bits per heavy atom. The number of likely N-dealkylation sites (tertiary alicyclic amines) is 1. The summed E-state index contributed by atoms with van der Waals surface area (Å²) < 4.78 is 0. The summed E-state index contributed by atoms with van der Waals surface area (Å²) in [5.74, 6) is -0.152. The molecule has 4 nitrogen and oxygen atoms in total. The van der Waals surface area contributed by atoms with E-state index in [2.05, 4.69) is 5.32 Å². The lowest BCUT2D eigenvalue weighted by Crippen LogP contribution is -2.29. The first-order valence-electron chi connectivity index (χ1n) is 7.80. The topological polar surface area (TPSA) is 49.4 Å². The van der Waals surface area contributed by atoms with Gasteiger partial charge in [0.1, 0.15) is 0 Å². The van der Waals surface area contributed by atoms with Gasteiger partial charge in [-0.2, -0.15) is 0 Å². The van der Waals surface area contributed by atoms with Crippen LogP contribution in [-0.2, 0) is 9.59 Å².